The van der Waals surface area contributed by atoms with E-state index in [1.165, 1.54) is 32.1 Å². The van der Waals surface area contributed by atoms with Crippen LogP contribution in [-0.4, -0.2) is 12.5 Å². The van der Waals surface area contributed by atoms with E-state index in [2.05, 4.69) is 34.7 Å². The minimum atomic E-state index is 0.131. The van der Waals surface area contributed by atoms with Gasteiger partial charge in [0.25, 0.3) is 0 Å². The second kappa shape index (κ2) is 10.2. The van der Waals surface area contributed by atoms with Crippen LogP contribution in [0.15, 0.2) is 11.1 Å². The molecule has 3 heteroatoms. The Morgan fingerprint density at radius 2 is 1.80 bits per heavy atom. The lowest BCUT2D eigenvalue weighted by atomic mass is 10.1. The molecule has 0 spiro atoms. The standard InChI is InChI=1S/C12H22BrNO/c1-3-4-5-6-7-8-9-12(15)14-10-11(2)13/h2-10H2,1H3,(H,14,15). The molecule has 0 bridgehead atoms. The Balaban J connectivity index is 3.20. The van der Waals surface area contributed by atoms with E-state index in [1.54, 1.807) is 0 Å². The van der Waals surface area contributed by atoms with Crippen molar-refractivity contribution < 1.29 is 4.79 Å². The Bertz CT molecular complexity index is 192. The number of amides is 1. The summed E-state index contributed by atoms with van der Waals surface area (Å²) in [7, 11) is 0. The van der Waals surface area contributed by atoms with Gasteiger partial charge in [0, 0.05) is 17.4 Å². The lowest BCUT2D eigenvalue weighted by Crippen LogP contribution is -2.23. The molecular formula is C12H22BrNO. The first-order chi connectivity index (χ1) is 7.16. The normalized spacial score (nSPS) is 10.0. The molecule has 1 N–H and O–H groups in total. The van der Waals surface area contributed by atoms with Crippen LogP contribution in [0.4, 0.5) is 0 Å². The molecule has 0 aliphatic heterocycles. The molecule has 0 saturated heterocycles. The summed E-state index contributed by atoms with van der Waals surface area (Å²) in [5.41, 5.74) is 0. The molecule has 0 aromatic heterocycles. The summed E-state index contributed by atoms with van der Waals surface area (Å²) in [5, 5.41) is 2.80. The number of rotatable bonds is 9. The molecule has 0 rings (SSSR count). The van der Waals surface area contributed by atoms with Crippen LogP contribution in [0.3, 0.4) is 0 Å². The van der Waals surface area contributed by atoms with Crippen LogP contribution in [0.2, 0.25) is 0 Å². The Morgan fingerprint density at radius 1 is 1.20 bits per heavy atom. The van der Waals surface area contributed by atoms with E-state index in [4.69, 9.17) is 0 Å². The van der Waals surface area contributed by atoms with Crippen molar-refractivity contribution in [2.45, 2.75) is 51.9 Å². The van der Waals surface area contributed by atoms with Gasteiger partial charge in [-0.3, -0.25) is 4.79 Å². The van der Waals surface area contributed by atoms with Gasteiger partial charge >= 0.3 is 0 Å². The van der Waals surface area contributed by atoms with Crippen LogP contribution in [0.1, 0.15) is 51.9 Å². The van der Waals surface area contributed by atoms with Crippen molar-refractivity contribution in [1.82, 2.24) is 5.32 Å². The first kappa shape index (κ1) is 14.7. The average Bonchev–Trinajstić information content (AvgIpc) is 2.20. The van der Waals surface area contributed by atoms with Crippen molar-refractivity contribution >= 4 is 21.8 Å². The summed E-state index contributed by atoms with van der Waals surface area (Å²) in [6, 6.07) is 0. The molecule has 0 aliphatic carbocycles. The molecule has 0 fully saturated rings. The van der Waals surface area contributed by atoms with Crippen molar-refractivity contribution in [3.05, 3.63) is 11.1 Å². The van der Waals surface area contributed by atoms with Crippen LogP contribution >= 0.6 is 15.9 Å². The summed E-state index contributed by atoms with van der Waals surface area (Å²) < 4.78 is 0.818. The van der Waals surface area contributed by atoms with Gasteiger partial charge in [-0.2, -0.15) is 0 Å². The zero-order chi connectivity index (χ0) is 11.5. The molecule has 15 heavy (non-hydrogen) atoms. The van der Waals surface area contributed by atoms with Gasteiger partial charge in [-0.25, -0.2) is 0 Å². The Kier molecular flexibility index (Phi) is 10.0. The molecule has 2 nitrogen and oxygen atoms in total. The molecule has 0 unspecified atom stereocenters. The number of carbonyl (C=O) groups excluding carboxylic acids is 1. The molecule has 0 saturated carbocycles. The third kappa shape index (κ3) is 11.6. The highest BCUT2D eigenvalue weighted by atomic mass is 79.9. The molecular weight excluding hydrogens is 254 g/mol. The summed E-state index contributed by atoms with van der Waals surface area (Å²) >= 11 is 3.20. The van der Waals surface area contributed by atoms with E-state index in [9.17, 15) is 4.79 Å². The van der Waals surface area contributed by atoms with E-state index < -0.39 is 0 Å². The zero-order valence-electron chi connectivity index (χ0n) is 9.65. The third-order valence-electron chi connectivity index (χ3n) is 2.23. The predicted octanol–water partition coefficient (Wildman–Crippen LogP) is 3.76. The monoisotopic (exact) mass is 275 g/mol. The largest absolute Gasteiger partial charge is 0.352 e. The maximum atomic E-state index is 11.3. The van der Waals surface area contributed by atoms with E-state index >= 15 is 0 Å². The highest BCUT2D eigenvalue weighted by Gasteiger charge is 2.00. The number of hydrogen-bond acceptors (Lipinski definition) is 1. The second-order valence-corrected chi connectivity index (χ2v) is 4.93. The Labute approximate surface area is 102 Å². The van der Waals surface area contributed by atoms with Crippen LogP contribution in [0.25, 0.3) is 0 Å². The van der Waals surface area contributed by atoms with E-state index in [0.29, 0.717) is 13.0 Å². The molecule has 0 atom stereocenters. The number of unbranched alkanes of at least 4 members (excludes halogenated alkanes) is 5. The number of carbonyl (C=O) groups is 1. The predicted molar refractivity (Wildman–Crippen MR) is 69.1 cm³/mol. The van der Waals surface area contributed by atoms with Gasteiger partial charge in [0.05, 0.1) is 0 Å². The van der Waals surface area contributed by atoms with Gasteiger partial charge in [-0.15, -0.1) is 0 Å². The lowest BCUT2D eigenvalue weighted by molar-refractivity contribution is -0.121. The number of hydrogen-bond donors (Lipinski definition) is 1. The fourth-order valence-electron chi connectivity index (χ4n) is 1.35. The lowest BCUT2D eigenvalue weighted by Gasteiger charge is -2.03. The van der Waals surface area contributed by atoms with Crippen molar-refractivity contribution in [2.24, 2.45) is 0 Å². The van der Waals surface area contributed by atoms with Crippen LogP contribution in [0.5, 0.6) is 0 Å². The second-order valence-electron chi connectivity index (χ2n) is 3.81. The van der Waals surface area contributed by atoms with Gasteiger partial charge in [0.15, 0.2) is 0 Å². The number of nitrogens with one attached hydrogen (secondary N) is 1. The third-order valence-corrected chi connectivity index (χ3v) is 2.52. The summed E-state index contributed by atoms with van der Waals surface area (Å²) in [5.74, 6) is 0.131. The molecule has 0 heterocycles. The van der Waals surface area contributed by atoms with Crippen LogP contribution in [-0.2, 0) is 4.79 Å². The molecule has 88 valence electrons. The summed E-state index contributed by atoms with van der Waals surface area (Å²) in [6.07, 6.45) is 7.96. The van der Waals surface area contributed by atoms with Gasteiger partial charge in [-0.05, 0) is 6.42 Å². The van der Waals surface area contributed by atoms with E-state index in [-0.39, 0.29) is 5.91 Å². The maximum absolute atomic E-state index is 11.3. The highest BCUT2D eigenvalue weighted by molar-refractivity contribution is 9.11. The van der Waals surface area contributed by atoms with Gasteiger partial charge < -0.3 is 5.32 Å². The minimum Gasteiger partial charge on any atom is -0.352 e. The number of halogens is 1. The quantitative estimate of drug-likeness (QED) is 0.638. The van der Waals surface area contributed by atoms with Crippen LogP contribution < -0.4 is 5.32 Å². The molecule has 1 amide bonds. The van der Waals surface area contributed by atoms with E-state index in [1.807, 2.05) is 0 Å². The fraction of sp³-hybridized carbons (Fsp3) is 0.750. The Hall–Kier alpha value is -0.310. The maximum Gasteiger partial charge on any atom is 0.220 e. The average molecular weight is 276 g/mol. The van der Waals surface area contributed by atoms with E-state index in [0.717, 1.165) is 10.9 Å². The fourth-order valence-corrected chi connectivity index (χ4v) is 1.49. The van der Waals surface area contributed by atoms with Crippen molar-refractivity contribution in [2.75, 3.05) is 6.54 Å². The SMILES string of the molecule is C=C(Br)CNC(=O)CCCCCCCC. The van der Waals surface area contributed by atoms with Gasteiger partial charge in [-0.1, -0.05) is 61.5 Å². The first-order valence-electron chi connectivity index (χ1n) is 5.76. The van der Waals surface area contributed by atoms with Crippen molar-refractivity contribution in [1.29, 1.82) is 0 Å². The van der Waals surface area contributed by atoms with Crippen molar-refractivity contribution in [3.63, 3.8) is 0 Å². The smallest absolute Gasteiger partial charge is 0.220 e. The molecule has 0 radical (unpaired) electrons. The summed E-state index contributed by atoms with van der Waals surface area (Å²) in [6.45, 7) is 6.40. The molecule has 0 aliphatic rings. The van der Waals surface area contributed by atoms with Crippen molar-refractivity contribution in [3.8, 4) is 0 Å². The topological polar surface area (TPSA) is 29.1 Å². The highest BCUT2D eigenvalue weighted by Crippen LogP contribution is 2.06. The Morgan fingerprint density at radius 3 is 2.40 bits per heavy atom. The van der Waals surface area contributed by atoms with Gasteiger partial charge in [0.2, 0.25) is 5.91 Å². The summed E-state index contributed by atoms with van der Waals surface area (Å²) in [4.78, 5) is 11.3. The first-order valence-corrected chi connectivity index (χ1v) is 6.56. The van der Waals surface area contributed by atoms with Crippen LogP contribution in [0, 0.1) is 0 Å². The minimum absolute atomic E-state index is 0.131. The molecule has 0 aromatic carbocycles. The zero-order valence-corrected chi connectivity index (χ0v) is 11.2. The molecule has 0 aromatic rings. The van der Waals surface area contributed by atoms with Gasteiger partial charge in [0.1, 0.15) is 0 Å².